The maximum atomic E-state index is 12.1. The van der Waals surface area contributed by atoms with Crippen LogP contribution < -0.4 is 4.72 Å². The third-order valence-corrected chi connectivity index (χ3v) is 5.63. The highest BCUT2D eigenvalue weighted by molar-refractivity contribution is 7.89. The van der Waals surface area contributed by atoms with Crippen LogP contribution in [0.4, 0.5) is 0 Å². The lowest BCUT2D eigenvalue weighted by molar-refractivity contribution is 0.192. The third kappa shape index (κ3) is 4.85. The molecule has 19 heavy (non-hydrogen) atoms. The molecule has 0 atom stereocenters. The van der Waals surface area contributed by atoms with Crippen LogP contribution in [0.25, 0.3) is 0 Å². The van der Waals surface area contributed by atoms with Gasteiger partial charge in [0.2, 0.25) is 10.0 Å². The van der Waals surface area contributed by atoms with Crippen molar-refractivity contribution < 1.29 is 18.3 Å². The summed E-state index contributed by atoms with van der Waals surface area (Å²) in [5.41, 5.74) is 0.681. The smallest absolute Gasteiger partial charge is 0.242 e. The molecule has 0 saturated carbocycles. The molecule has 1 aromatic heterocycles. The standard InChI is InChI=1S/C12H21NO4S2/c1-10-9-18-11(8-14)12(10)19(15,16)13-6-4-3-5-7-17-2/h9,13-14H,3-8H2,1-2H3. The second-order valence-corrected chi connectivity index (χ2v) is 6.95. The van der Waals surface area contributed by atoms with Crippen LogP contribution in [0.3, 0.4) is 0 Å². The highest BCUT2D eigenvalue weighted by Crippen LogP contribution is 2.26. The Balaban J connectivity index is 2.54. The number of unbranched alkanes of at least 4 members (excludes halogenated alkanes) is 2. The van der Waals surface area contributed by atoms with Gasteiger partial charge in [0.05, 0.1) is 11.5 Å². The monoisotopic (exact) mass is 307 g/mol. The molecule has 2 N–H and O–H groups in total. The van der Waals surface area contributed by atoms with Crippen LogP contribution in [0, 0.1) is 6.92 Å². The highest BCUT2D eigenvalue weighted by atomic mass is 32.2. The maximum Gasteiger partial charge on any atom is 0.242 e. The molecule has 1 heterocycles. The Bertz CT molecular complexity index is 482. The second-order valence-electron chi connectivity index (χ2n) is 4.28. The van der Waals surface area contributed by atoms with Crippen molar-refractivity contribution in [2.24, 2.45) is 0 Å². The van der Waals surface area contributed by atoms with Crippen LogP contribution in [0.1, 0.15) is 29.7 Å². The lowest BCUT2D eigenvalue weighted by Gasteiger charge is -2.08. The molecule has 0 aromatic carbocycles. The predicted molar refractivity (Wildman–Crippen MR) is 75.9 cm³/mol. The minimum Gasteiger partial charge on any atom is -0.391 e. The van der Waals surface area contributed by atoms with E-state index in [1.165, 1.54) is 11.3 Å². The number of aliphatic hydroxyl groups is 1. The molecule has 1 rings (SSSR count). The van der Waals surface area contributed by atoms with Gasteiger partial charge in [-0.2, -0.15) is 0 Å². The SMILES string of the molecule is COCCCCCNS(=O)(=O)c1c(C)csc1CO. The van der Waals surface area contributed by atoms with Crippen molar-refractivity contribution in [3.05, 3.63) is 15.8 Å². The summed E-state index contributed by atoms with van der Waals surface area (Å²) in [6.45, 7) is 2.60. The fourth-order valence-electron chi connectivity index (χ4n) is 1.78. The number of hydrogen-bond donors (Lipinski definition) is 2. The number of nitrogens with one attached hydrogen (secondary N) is 1. The summed E-state index contributed by atoms with van der Waals surface area (Å²) in [7, 11) is -1.86. The molecule has 110 valence electrons. The number of ether oxygens (including phenoxy) is 1. The van der Waals surface area contributed by atoms with Gasteiger partial charge in [0.25, 0.3) is 0 Å². The van der Waals surface area contributed by atoms with Crippen molar-refractivity contribution >= 4 is 21.4 Å². The normalized spacial score (nSPS) is 11.9. The Morgan fingerprint density at radius 3 is 2.74 bits per heavy atom. The largest absolute Gasteiger partial charge is 0.391 e. The summed E-state index contributed by atoms with van der Waals surface area (Å²) < 4.78 is 31.8. The first-order chi connectivity index (χ1) is 9.03. The number of thiophene rings is 1. The van der Waals surface area contributed by atoms with Gasteiger partial charge >= 0.3 is 0 Å². The molecule has 0 aliphatic rings. The highest BCUT2D eigenvalue weighted by Gasteiger charge is 2.21. The molecule has 0 unspecified atom stereocenters. The Morgan fingerprint density at radius 2 is 2.11 bits per heavy atom. The summed E-state index contributed by atoms with van der Waals surface area (Å²) >= 11 is 1.27. The molecule has 7 heteroatoms. The number of hydrogen-bond acceptors (Lipinski definition) is 5. The van der Waals surface area contributed by atoms with E-state index >= 15 is 0 Å². The Hall–Kier alpha value is -0.470. The minimum absolute atomic E-state index is 0.233. The van der Waals surface area contributed by atoms with E-state index in [1.54, 1.807) is 19.4 Å². The van der Waals surface area contributed by atoms with Crippen LogP contribution in [0.5, 0.6) is 0 Å². The average molecular weight is 307 g/mol. The van der Waals surface area contributed by atoms with Crippen LogP contribution >= 0.6 is 11.3 Å². The first-order valence-corrected chi connectivity index (χ1v) is 8.55. The fraction of sp³-hybridized carbons (Fsp3) is 0.667. The molecule has 0 fully saturated rings. The van der Waals surface area contributed by atoms with E-state index in [-0.39, 0.29) is 11.5 Å². The first kappa shape index (κ1) is 16.6. The molecule has 0 spiro atoms. The van der Waals surface area contributed by atoms with Crippen molar-refractivity contribution in [1.29, 1.82) is 0 Å². The van der Waals surface area contributed by atoms with Crippen LogP contribution in [0.15, 0.2) is 10.3 Å². The van der Waals surface area contributed by atoms with E-state index in [4.69, 9.17) is 9.84 Å². The molecular formula is C12H21NO4S2. The molecule has 5 nitrogen and oxygen atoms in total. The van der Waals surface area contributed by atoms with Gasteiger partial charge in [-0.1, -0.05) is 0 Å². The summed E-state index contributed by atoms with van der Waals surface area (Å²) in [5.74, 6) is 0. The van der Waals surface area contributed by atoms with E-state index in [9.17, 15) is 8.42 Å². The van der Waals surface area contributed by atoms with Crippen molar-refractivity contribution in [3.63, 3.8) is 0 Å². The van der Waals surface area contributed by atoms with Crippen LogP contribution in [-0.4, -0.2) is 33.8 Å². The van der Waals surface area contributed by atoms with Gasteiger partial charge in [-0.15, -0.1) is 11.3 Å². The Labute approximate surface area is 118 Å². The molecule has 0 saturated heterocycles. The van der Waals surface area contributed by atoms with E-state index in [1.807, 2.05) is 0 Å². The number of aliphatic hydroxyl groups excluding tert-OH is 1. The Kier molecular flexibility index (Phi) is 6.95. The lowest BCUT2D eigenvalue weighted by Crippen LogP contribution is -2.25. The molecular weight excluding hydrogens is 286 g/mol. The van der Waals surface area contributed by atoms with Gasteiger partial charge in [-0.25, -0.2) is 13.1 Å². The molecule has 1 aromatic rings. The number of aryl methyl sites for hydroxylation is 1. The van der Waals surface area contributed by atoms with Gasteiger partial charge < -0.3 is 9.84 Å². The number of methoxy groups -OCH3 is 1. The molecule has 0 bridgehead atoms. The average Bonchev–Trinajstić information content (AvgIpc) is 2.75. The molecule has 0 aliphatic heterocycles. The fourth-order valence-corrected chi connectivity index (χ4v) is 4.52. The van der Waals surface area contributed by atoms with Crippen LogP contribution in [-0.2, 0) is 21.4 Å². The van der Waals surface area contributed by atoms with Crippen LogP contribution in [0.2, 0.25) is 0 Å². The summed E-state index contributed by atoms with van der Waals surface area (Å²) in [4.78, 5) is 0.723. The van der Waals surface area contributed by atoms with Gasteiger partial charge in [-0.3, -0.25) is 0 Å². The van der Waals surface area contributed by atoms with Crippen molar-refractivity contribution in [1.82, 2.24) is 4.72 Å². The summed E-state index contributed by atoms with van der Waals surface area (Å²) in [6, 6.07) is 0. The zero-order valence-corrected chi connectivity index (χ0v) is 12.9. The lowest BCUT2D eigenvalue weighted by atomic mass is 10.2. The number of rotatable bonds is 9. The van der Waals surface area contributed by atoms with Crippen molar-refractivity contribution in [2.75, 3.05) is 20.3 Å². The number of sulfonamides is 1. The zero-order chi connectivity index (χ0) is 14.3. The van der Waals surface area contributed by atoms with E-state index in [0.717, 1.165) is 19.3 Å². The van der Waals surface area contributed by atoms with Gasteiger partial charge in [-0.05, 0) is 37.1 Å². The minimum atomic E-state index is -3.51. The zero-order valence-electron chi connectivity index (χ0n) is 11.3. The second kappa shape index (κ2) is 7.96. The molecule has 0 aliphatic carbocycles. The van der Waals surface area contributed by atoms with Crippen molar-refractivity contribution in [2.45, 2.75) is 37.7 Å². The van der Waals surface area contributed by atoms with Gasteiger partial charge in [0.1, 0.15) is 4.90 Å². The van der Waals surface area contributed by atoms with Gasteiger partial charge in [0.15, 0.2) is 0 Å². The predicted octanol–water partition coefficient (Wildman–Crippen LogP) is 1.64. The summed E-state index contributed by atoms with van der Waals surface area (Å²) in [5, 5.41) is 10.9. The quantitative estimate of drug-likeness (QED) is 0.680. The molecule has 0 amide bonds. The van der Waals surface area contributed by atoms with E-state index in [2.05, 4.69) is 4.72 Å². The topological polar surface area (TPSA) is 75.6 Å². The van der Waals surface area contributed by atoms with E-state index < -0.39 is 10.0 Å². The Morgan fingerprint density at radius 1 is 1.37 bits per heavy atom. The first-order valence-electron chi connectivity index (χ1n) is 6.19. The maximum absolute atomic E-state index is 12.1. The van der Waals surface area contributed by atoms with Crippen molar-refractivity contribution in [3.8, 4) is 0 Å². The third-order valence-electron chi connectivity index (χ3n) is 2.72. The molecule has 0 radical (unpaired) electrons. The van der Waals surface area contributed by atoms with E-state index in [0.29, 0.717) is 23.6 Å². The van der Waals surface area contributed by atoms with Gasteiger partial charge in [0, 0.05) is 20.3 Å². The summed E-state index contributed by atoms with van der Waals surface area (Å²) in [6.07, 6.45) is 2.63.